The van der Waals surface area contributed by atoms with E-state index in [4.69, 9.17) is 10.8 Å². The van der Waals surface area contributed by atoms with Crippen molar-refractivity contribution < 1.29 is 9.59 Å². The van der Waals surface area contributed by atoms with Crippen LogP contribution in [0, 0.1) is 0 Å². The Bertz CT molecular complexity index is 1360. The van der Waals surface area contributed by atoms with E-state index in [0.717, 1.165) is 22.3 Å². The van der Waals surface area contributed by atoms with Crippen molar-refractivity contribution in [3.05, 3.63) is 86.1 Å². The van der Waals surface area contributed by atoms with Crippen molar-refractivity contribution in [1.82, 2.24) is 24.6 Å². The van der Waals surface area contributed by atoms with Crippen molar-refractivity contribution in [1.29, 1.82) is 0 Å². The van der Waals surface area contributed by atoms with Gasteiger partial charge in [0.1, 0.15) is 5.82 Å². The minimum absolute atomic E-state index is 0.0799. The van der Waals surface area contributed by atoms with E-state index in [2.05, 4.69) is 4.98 Å². The lowest BCUT2D eigenvalue weighted by atomic mass is 9.68. The molecule has 9 nitrogen and oxygen atoms in total. The molecule has 0 aliphatic heterocycles. The van der Waals surface area contributed by atoms with Gasteiger partial charge in [-0.3, -0.25) is 14.6 Å². The fourth-order valence-electron chi connectivity index (χ4n) is 5.56. The van der Waals surface area contributed by atoms with Crippen LogP contribution in [0.2, 0.25) is 0 Å². The van der Waals surface area contributed by atoms with Gasteiger partial charge in [0.05, 0.1) is 11.5 Å². The van der Waals surface area contributed by atoms with Crippen LogP contribution in [-0.4, -0.2) is 70.6 Å². The molecule has 0 spiro atoms. The molecule has 1 aromatic heterocycles. The molecular formula is C29H38N6O3. The van der Waals surface area contributed by atoms with Crippen molar-refractivity contribution in [2.45, 2.75) is 57.5 Å². The van der Waals surface area contributed by atoms with Crippen molar-refractivity contribution >= 4 is 11.8 Å². The van der Waals surface area contributed by atoms with Crippen LogP contribution in [-0.2, 0) is 18.3 Å². The minimum atomic E-state index is -0.881. The first-order chi connectivity index (χ1) is 17.9. The zero-order valence-corrected chi connectivity index (χ0v) is 23.3. The molecule has 202 valence electrons. The van der Waals surface area contributed by atoms with Gasteiger partial charge in [0, 0.05) is 45.4 Å². The van der Waals surface area contributed by atoms with Gasteiger partial charge in [-0.2, -0.15) is 5.10 Å². The van der Waals surface area contributed by atoms with E-state index in [1.54, 1.807) is 38.0 Å². The van der Waals surface area contributed by atoms with Gasteiger partial charge in [-0.05, 0) is 86.6 Å². The number of H-pyrrole nitrogens is 1. The van der Waals surface area contributed by atoms with E-state index in [9.17, 15) is 14.4 Å². The number of hydrogen-bond acceptors (Lipinski definition) is 5. The lowest BCUT2D eigenvalue weighted by molar-refractivity contribution is 0.0820. The molecular weight excluding hydrogens is 480 g/mol. The van der Waals surface area contributed by atoms with Crippen LogP contribution in [0.5, 0.6) is 0 Å². The number of nitrogens with zero attached hydrogens (tertiary/aromatic N) is 4. The number of rotatable bonds is 6. The number of aryl methyl sites for hydroxylation is 2. The molecule has 1 aliphatic rings. The number of carbonyl (C=O) groups excluding carboxylic acids is 2. The Morgan fingerprint density at radius 3 is 1.79 bits per heavy atom. The molecule has 0 fully saturated rings. The molecule has 0 bridgehead atoms. The third-order valence-electron chi connectivity index (χ3n) is 7.26. The van der Waals surface area contributed by atoms with Crippen LogP contribution in [0.25, 0.3) is 0 Å². The molecule has 3 aromatic rings. The second-order valence-electron chi connectivity index (χ2n) is 11.0. The number of nitrogens with one attached hydrogen (secondary N) is 1. The summed E-state index contributed by atoms with van der Waals surface area (Å²) in [6, 6.07) is 11.2. The predicted octanol–water partition coefficient (Wildman–Crippen LogP) is 2.73. The summed E-state index contributed by atoms with van der Waals surface area (Å²) in [6.45, 7) is 5.77. The lowest BCUT2D eigenvalue weighted by Crippen LogP contribution is -2.38. The zero-order valence-electron chi connectivity index (χ0n) is 23.3. The molecule has 2 amide bonds. The normalized spacial score (nSPS) is 14.9. The third-order valence-corrected chi connectivity index (χ3v) is 7.26. The molecule has 0 radical (unpaired) electrons. The molecule has 3 N–H and O–H groups in total. The third kappa shape index (κ3) is 4.67. The molecule has 38 heavy (non-hydrogen) atoms. The minimum Gasteiger partial charge on any atom is -0.345 e. The first-order valence-corrected chi connectivity index (χ1v) is 13.0. The number of amides is 2. The second kappa shape index (κ2) is 10.2. The number of hydrogen-bond donors (Lipinski definition) is 2. The highest BCUT2D eigenvalue weighted by atomic mass is 16.2. The predicted molar refractivity (Wildman–Crippen MR) is 148 cm³/mol. The van der Waals surface area contributed by atoms with Crippen LogP contribution in [0.1, 0.15) is 82.0 Å². The lowest BCUT2D eigenvalue weighted by Gasteiger charge is -2.36. The van der Waals surface area contributed by atoms with E-state index in [-0.39, 0.29) is 29.6 Å². The van der Waals surface area contributed by atoms with Crippen LogP contribution < -0.4 is 11.4 Å². The Morgan fingerprint density at radius 1 is 0.947 bits per heavy atom. The van der Waals surface area contributed by atoms with Crippen LogP contribution in [0.3, 0.4) is 0 Å². The molecule has 4 rings (SSSR count). The molecule has 1 heterocycles. The SMILES string of the molecule is CC(C)n1nc(C2(C[C@@H](C)N)c3ccc(C(=O)N(C)C)cc3CCc3cc(C(=O)N(C)C)ccc32)[nH]c1=O. The maximum absolute atomic E-state index is 13.0. The summed E-state index contributed by atoms with van der Waals surface area (Å²) in [5, 5.41) is 4.81. The van der Waals surface area contributed by atoms with Gasteiger partial charge < -0.3 is 15.5 Å². The summed E-state index contributed by atoms with van der Waals surface area (Å²) in [5.74, 6) is 0.351. The first-order valence-electron chi connectivity index (χ1n) is 13.0. The Morgan fingerprint density at radius 2 is 1.42 bits per heavy atom. The Balaban J connectivity index is 2.08. The number of fused-ring (bicyclic) bond motifs is 2. The largest absolute Gasteiger partial charge is 0.345 e. The number of aromatic amines is 1. The van der Waals surface area contributed by atoms with Crippen LogP contribution in [0.15, 0.2) is 41.2 Å². The Kier molecular flexibility index (Phi) is 7.34. The molecule has 2 aromatic carbocycles. The fourth-order valence-corrected chi connectivity index (χ4v) is 5.56. The zero-order chi connectivity index (χ0) is 27.9. The fraction of sp³-hybridized carbons (Fsp3) is 0.448. The Hall–Kier alpha value is -3.72. The first kappa shape index (κ1) is 27.3. The van der Waals surface area contributed by atoms with Gasteiger partial charge >= 0.3 is 5.69 Å². The number of nitrogens with two attached hydrogens (primary N) is 1. The summed E-state index contributed by atoms with van der Waals surface area (Å²) in [4.78, 5) is 44.9. The van der Waals surface area contributed by atoms with E-state index < -0.39 is 5.41 Å². The highest BCUT2D eigenvalue weighted by molar-refractivity contribution is 5.95. The molecule has 1 atom stereocenters. The van der Waals surface area contributed by atoms with Crippen LogP contribution >= 0.6 is 0 Å². The average molecular weight is 519 g/mol. The highest BCUT2D eigenvalue weighted by Crippen LogP contribution is 2.46. The van der Waals surface area contributed by atoms with E-state index in [1.807, 2.05) is 57.2 Å². The quantitative estimate of drug-likeness (QED) is 0.520. The molecule has 1 aliphatic carbocycles. The smallest absolute Gasteiger partial charge is 0.343 e. The highest BCUT2D eigenvalue weighted by Gasteiger charge is 2.45. The molecule has 0 saturated heterocycles. The Labute approximate surface area is 223 Å². The number of carbonyl (C=O) groups is 2. The van der Waals surface area contributed by atoms with Gasteiger partial charge in [0.25, 0.3) is 11.8 Å². The van der Waals surface area contributed by atoms with Gasteiger partial charge in [0.2, 0.25) is 0 Å². The van der Waals surface area contributed by atoms with Gasteiger partial charge in [0.15, 0.2) is 0 Å². The number of benzene rings is 2. The summed E-state index contributed by atoms with van der Waals surface area (Å²) in [7, 11) is 6.93. The monoisotopic (exact) mass is 518 g/mol. The summed E-state index contributed by atoms with van der Waals surface area (Å²) in [5.41, 5.74) is 10.4. The van der Waals surface area contributed by atoms with Crippen molar-refractivity contribution in [2.24, 2.45) is 5.73 Å². The standard InChI is InChI=1S/C29H38N6O3/c1-17(2)35-28(38)31-27(32-35)29(16-18(3)30)23-12-10-21(25(36)33(4)5)14-19(23)8-9-20-15-22(11-13-24(20)29)26(37)34(6)7/h10-15,17-18H,8-9,16,30H2,1-7H3,(H,31,32,38)/t18-/m1/s1. The van der Waals surface area contributed by atoms with E-state index >= 15 is 0 Å². The molecule has 0 unspecified atom stereocenters. The van der Waals surface area contributed by atoms with Gasteiger partial charge in [-0.25, -0.2) is 9.48 Å². The van der Waals surface area contributed by atoms with Gasteiger partial charge in [-0.15, -0.1) is 0 Å². The summed E-state index contributed by atoms with van der Waals surface area (Å²) in [6.07, 6.45) is 1.79. The maximum Gasteiger partial charge on any atom is 0.343 e. The van der Waals surface area contributed by atoms with Crippen LogP contribution in [0.4, 0.5) is 0 Å². The number of aromatic nitrogens is 3. The van der Waals surface area contributed by atoms with Crippen molar-refractivity contribution in [2.75, 3.05) is 28.2 Å². The molecule has 0 saturated carbocycles. The summed E-state index contributed by atoms with van der Waals surface area (Å²) >= 11 is 0. The van der Waals surface area contributed by atoms with E-state index in [0.29, 0.717) is 36.2 Å². The van der Waals surface area contributed by atoms with Gasteiger partial charge in [-0.1, -0.05) is 12.1 Å². The van der Waals surface area contributed by atoms with Crippen molar-refractivity contribution in [3.8, 4) is 0 Å². The average Bonchev–Trinajstić information content (AvgIpc) is 3.21. The second-order valence-corrected chi connectivity index (χ2v) is 11.0. The maximum atomic E-state index is 13.0. The topological polar surface area (TPSA) is 117 Å². The van der Waals surface area contributed by atoms with Crippen molar-refractivity contribution in [3.63, 3.8) is 0 Å². The van der Waals surface area contributed by atoms with E-state index in [1.165, 1.54) is 4.68 Å². The molecule has 9 heteroatoms. The summed E-state index contributed by atoms with van der Waals surface area (Å²) < 4.78 is 1.45.